The predicted octanol–water partition coefficient (Wildman–Crippen LogP) is 17.4. The lowest BCUT2D eigenvalue weighted by Crippen LogP contribution is -2.49. The number of fused-ring (bicyclic) bond motifs is 9. The first-order valence-electron chi connectivity index (χ1n) is 24.5. The first kappa shape index (κ1) is 40.5. The molecule has 0 aliphatic carbocycles. The molecule has 12 aromatic carbocycles. The van der Waals surface area contributed by atoms with Crippen molar-refractivity contribution in [2.45, 2.75) is 13.1 Å². The largest absolute Gasteiger partial charge is 0.309 e. The second-order valence-electron chi connectivity index (χ2n) is 19.6. The van der Waals surface area contributed by atoms with Crippen LogP contribution in [0.1, 0.15) is 0 Å². The maximum absolute atomic E-state index is 2.54. The Morgan fingerprint density at radius 2 is 0.629 bits per heavy atom. The van der Waals surface area contributed by atoms with Gasteiger partial charge in [-0.05, 0) is 146 Å². The third-order valence-electron chi connectivity index (χ3n) is 15.4. The lowest BCUT2D eigenvalue weighted by Gasteiger charge is -2.21. The normalized spacial score (nSPS) is 12.8. The number of nitrogens with zero attached hydrogens (tertiary/aromatic N) is 1. The van der Waals surface area contributed by atoms with Gasteiger partial charge in [-0.15, -0.1) is 0 Å². The van der Waals surface area contributed by atoms with Gasteiger partial charge < -0.3 is 4.57 Å². The van der Waals surface area contributed by atoms with E-state index in [9.17, 15) is 0 Å². The van der Waals surface area contributed by atoms with Gasteiger partial charge in [0, 0.05) is 16.5 Å². The molecule has 70 heavy (non-hydrogen) atoms. The molecule has 0 saturated heterocycles. The summed E-state index contributed by atoms with van der Waals surface area (Å²) in [6.45, 7) is 5.08. The van der Waals surface area contributed by atoms with Gasteiger partial charge >= 0.3 is 0 Å². The van der Waals surface area contributed by atoms with Crippen LogP contribution >= 0.6 is 0 Å². The van der Waals surface area contributed by atoms with Crippen LogP contribution in [-0.4, -0.2) is 12.6 Å². The Hall–Kier alpha value is -8.56. The molecule has 1 aliphatic heterocycles. The zero-order valence-corrected chi connectivity index (χ0v) is 40.1. The molecule has 0 fully saturated rings. The van der Waals surface area contributed by atoms with Gasteiger partial charge in [0.2, 0.25) is 0 Å². The summed E-state index contributed by atoms with van der Waals surface area (Å²) in [7, 11) is -2.10. The Morgan fingerprint density at radius 3 is 1.11 bits per heavy atom. The van der Waals surface area contributed by atoms with Crippen molar-refractivity contribution in [2.75, 3.05) is 0 Å². The highest BCUT2D eigenvalue weighted by molar-refractivity contribution is 7.03. The molecule has 0 unspecified atom stereocenters. The predicted molar refractivity (Wildman–Crippen MR) is 303 cm³/mol. The molecule has 1 aliphatic rings. The molecular formula is C68H47NSi. The Balaban J connectivity index is 0.890. The van der Waals surface area contributed by atoms with Crippen molar-refractivity contribution < 1.29 is 0 Å². The summed E-state index contributed by atoms with van der Waals surface area (Å²) in [6.07, 6.45) is 0. The number of aromatic nitrogens is 1. The Labute approximate surface area is 409 Å². The van der Waals surface area contributed by atoms with Gasteiger partial charge in [0.25, 0.3) is 0 Å². The van der Waals surface area contributed by atoms with E-state index >= 15 is 0 Å². The van der Waals surface area contributed by atoms with Crippen LogP contribution in [0.3, 0.4) is 0 Å². The molecule has 0 saturated carbocycles. The van der Waals surface area contributed by atoms with Crippen LogP contribution in [0.15, 0.2) is 249 Å². The van der Waals surface area contributed by atoms with Gasteiger partial charge in [-0.3, -0.25) is 0 Å². The summed E-state index contributed by atoms with van der Waals surface area (Å²) in [6, 6.07) is 92.9. The molecule has 2 heteroatoms. The van der Waals surface area contributed by atoms with Crippen molar-refractivity contribution in [1.29, 1.82) is 0 Å². The average Bonchev–Trinajstić information content (AvgIpc) is 3.86. The monoisotopic (exact) mass is 905 g/mol. The smallest absolute Gasteiger partial charge is 0.113 e. The second kappa shape index (κ2) is 15.7. The van der Waals surface area contributed by atoms with Gasteiger partial charge in [-0.2, -0.15) is 0 Å². The van der Waals surface area contributed by atoms with Crippen molar-refractivity contribution in [1.82, 2.24) is 4.57 Å². The Bertz CT molecular complexity index is 4050. The SMILES string of the molecule is C[Si]1(C)c2cc(-c3cccc4ccccc34)ccc2-c2ccc(-n3c4ccc(-c5ccc(-c6cccc7ccccc67)cc5)cc4c4cc(-c5ccc(-c6cccc7ccccc67)cc5)ccc43)cc21. The number of benzene rings is 12. The van der Waals surface area contributed by atoms with E-state index in [-0.39, 0.29) is 0 Å². The van der Waals surface area contributed by atoms with E-state index in [2.05, 4.69) is 266 Å². The molecule has 0 atom stereocenters. The minimum absolute atomic E-state index is 1.21. The summed E-state index contributed by atoms with van der Waals surface area (Å²) in [5.74, 6) is 0. The molecule has 1 aromatic heterocycles. The third kappa shape index (κ3) is 6.37. The summed E-state index contributed by atoms with van der Waals surface area (Å²) >= 11 is 0. The molecule has 0 bridgehead atoms. The highest BCUT2D eigenvalue weighted by Gasteiger charge is 2.38. The maximum atomic E-state index is 2.54. The first-order valence-corrected chi connectivity index (χ1v) is 27.5. The van der Waals surface area contributed by atoms with Crippen molar-refractivity contribution in [2.24, 2.45) is 0 Å². The Kier molecular flexibility index (Phi) is 9.11. The molecular weight excluding hydrogens is 859 g/mol. The molecule has 13 aromatic rings. The summed E-state index contributed by atoms with van der Waals surface area (Å²) in [5.41, 5.74) is 18.8. The molecule has 2 heterocycles. The fraction of sp³-hybridized carbons (Fsp3) is 0.0294. The van der Waals surface area contributed by atoms with Crippen molar-refractivity contribution in [3.63, 3.8) is 0 Å². The standard InChI is InChI=1S/C68H47NSi/c1-70(2)67-42-53(60-23-11-17-48-14-5-8-20-57(48)60)32-36-61(67)62-37-35-54(43-68(62)70)69-65-38-33-51(44-24-28-49(29-25-44)58-21-9-15-46-12-3-6-18-55(46)58)40-63(65)64-41-52(34-39-66(64)69)45-26-30-50(31-27-45)59-22-10-16-47-13-4-7-19-56(47)59/h3-43H,1-2H3. The summed E-state index contributed by atoms with van der Waals surface area (Å²) in [4.78, 5) is 0. The van der Waals surface area contributed by atoms with E-state index in [4.69, 9.17) is 0 Å². The number of hydrogen-bond donors (Lipinski definition) is 0. The van der Waals surface area contributed by atoms with E-state index in [1.54, 1.807) is 0 Å². The topological polar surface area (TPSA) is 4.93 Å². The molecule has 328 valence electrons. The average molecular weight is 906 g/mol. The number of hydrogen-bond acceptors (Lipinski definition) is 0. The van der Waals surface area contributed by atoms with Crippen LogP contribution in [0.5, 0.6) is 0 Å². The van der Waals surface area contributed by atoms with Crippen LogP contribution in [0.4, 0.5) is 0 Å². The molecule has 0 radical (unpaired) electrons. The lowest BCUT2D eigenvalue weighted by molar-refractivity contribution is 1.18. The quantitative estimate of drug-likeness (QED) is 0.147. The fourth-order valence-electron chi connectivity index (χ4n) is 11.8. The minimum Gasteiger partial charge on any atom is -0.309 e. The molecule has 14 rings (SSSR count). The van der Waals surface area contributed by atoms with E-state index in [0.29, 0.717) is 0 Å². The number of rotatable bonds is 6. The van der Waals surface area contributed by atoms with Crippen molar-refractivity contribution in [3.05, 3.63) is 249 Å². The van der Waals surface area contributed by atoms with Crippen LogP contribution in [0.25, 0.3) is 127 Å². The van der Waals surface area contributed by atoms with Crippen molar-refractivity contribution in [3.8, 4) is 72.4 Å². The highest BCUT2D eigenvalue weighted by Crippen LogP contribution is 2.41. The molecule has 0 N–H and O–H groups in total. The second-order valence-corrected chi connectivity index (χ2v) is 24.0. The molecule has 0 amide bonds. The van der Waals surface area contributed by atoms with Crippen LogP contribution in [0.2, 0.25) is 13.1 Å². The van der Waals surface area contributed by atoms with Crippen LogP contribution in [0, 0.1) is 0 Å². The fourth-order valence-corrected chi connectivity index (χ4v) is 14.9. The maximum Gasteiger partial charge on any atom is 0.113 e. The Morgan fingerprint density at radius 1 is 0.257 bits per heavy atom. The third-order valence-corrected chi connectivity index (χ3v) is 18.9. The van der Waals surface area contributed by atoms with E-state index < -0.39 is 8.07 Å². The summed E-state index contributed by atoms with van der Waals surface area (Å²) < 4.78 is 2.51. The molecule has 1 nitrogen and oxygen atoms in total. The van der Waals surface area contributed by atoms with E-state index in [0.717, 1.165) is 0 Å². The van der Waals surface area contributed by atoms with Crippen LogP contribution in [-0.2, 0) is 0 Å². The van der Waals surface area contributed by atoms with Crippen molar-refractivity contribution >= 4 is 72.6 Å². The van der Waals surface area contributed by atoms with E-state index in [1.165, 1.54) is 137 Å². The zero-order valence-electron chi connectivity index (χ0n) is 39.1. The summed E-state index contributed by atoms with van der Waals surface area (Å²) in [5, 5.41) is 13.2. The van der Waals surface area contributed by atoms with Gasteiger partial charge in [-0.1, -0.05) is 225 Å². The molecule has 0 spiro atoms. The zero-order chi connectivity index (χ0) is 46.5. The first-order chi connectivity index (χ1) is 34.4. The lowest BCUT2D eigenvalue weighted by atomic mass is 9.95. The highest BCUT2D eigenvalue weighted by atomic mass is 28.3. The van der Waals surface area contributed by atoms with E-state index in [1.807, 2.05) is 0 Å². The van der Waals surface area contributed by atoms with Gasteiger partial charge in [0.15, 0.2) is 0 Å². The van der Waals surface area contributed by atoms with Gasteiger partial charge in [0.1, 0.15) is 8.07 Å². The van der Waals surface area contributed by atoms with Crippen LogP contribution < -0.4 is 10.4 Å². The van der Waals surface area contributed by atoms with Gasteiger partial charge in [-0.25, -0.2) is 0 Å². The minimum atomic E-state index is -2.10. The van der Waals surface area contributed by atoms with Gasteiger partial charge in [0.05, 0.1) is 11.0 Å².